The largest absolute Gasteiger partial charge is 0.447 e. The summed E-state index contributed by atoms with van der Waals surface area (Å²) < 4.78 is 7.29. The molecule has 0 N–H and O–H groups in total. The fourth-order valence-corrected chi connectivity index (χ4v) is 1.41. The fourth-order valence-electron chi connectivity index (χ4n) is 0.724. The predicted octanol–water partition coefficient (Wildman–Crippen LogP) is 2.79. The molecule has 0 aromatic heterocycles. The third kappa shape index (κ3) is 7.83. The Morgan fingerprint density at radius 1 is 1.16 bits per heavy atom. The Labute approximate surface area is 121 Å². The first kappa shape index (κ1) is 17.9. The molecule has 0 aliphatic heterocycles. The van der Waals surface area contributed by atoms with E-state index in [-0.39, 0.29) is 6.10 Å². The summed E-state index contributed by atoms with van der Waals surface area (Å²) in [4.78, 5) is 27.7. The zero-order chi connectivity index (χ0) is 15.0. The van der Waals surface area contributed by atoms with Gasteiger partial charge in [0.1, 0.15) is 5.04 Å². The molecule has 2 amide bonds. The molecule has 0 unspecified atom stereocenters. The number of hydrogen-bond donors (Lipinski definition) is 0. The second kappa shape index (κ2) is 8.92. The molecule has 0 saturated heterocycles. The molecule has 0 aromatic carbocycles. The van der Waals surface area contributed by atoms with Gasteiger partial charge in [-0.1, -0.05) is 5.16 Å². The van der Waals surface area contributed by atoms with E-state index >= 15 is 0 Å². The van der Waals surface area contributed by atoms with Gasteiger partial charge in [-0.25, -0.2) is 18.2 Å². The molecule has 0 fully saturated rings. The molecule has 0 bridgehead atoms. The van der Waals surface area contributed by atoms with Crippen LogP contribution in [0.2, 0.25) is 0 Å². The van der Waals surface area contributed by atoms with Crippen LogP contribution in [0.1, 0.15) is 20.8 Å². The number of thioether (sulfide) groups is 1. The fraction of sp³-hybridized carbons (Fsp3) is 0.700. The lowest BCUT2D eigenvalue weighted by Crippen LogP contribution is -2.30. The van der Waals surface area contributed by atoms with Gasteiger partial charge >= 0.3 is 12.2 Å². The topological polar surface area (TPSA) is 71.4 Å². The van der Waals surface area contributed by atoms with Crippen molar-refractivity contribution in [3.05, 3.63) is 0 Å². The highest BCUT2D eigenvalue weighted by atomic mass is 32.2. The minimum Gasteiger partial charge on any atom is -0.446 e. The normalized spacial score (nSPS) is 11.2. The minimum atomic E-state index is -0.678. The molecular weight excluding hydrogens is 290 g/mol. The lowest BCUT2D eigenvalue weighted by atomic mass is 10.5. The molecule has 0 aliphatic rings. The molecule has 0 radical (unpaired) electrons. The molecule has 0 aromatic rings. The first-order valence-corrected chi connectivity index (χ1v) is 7.39. The molecule has 0 aliphatic carbocycles. The van der Waals surface area contributed by atoms with Crippen LogP contribution in [-0.2, 0) is 9.57 Å². The van der Waals surface area contributed by atoms with Crippen molar-refractivity contribution >= 4 is 41.1 Å². The van der Waals surface area contributed by atoms with Crippen LogP contribution in [0, 0.1) is 0 Å². The van der Waals surface area contributed by atoms with E-state index in [4.69, 9.17) is 4.74 Å². The van der Waals surface area contributed by atoms with Gasteiger partial charge in [0, 0.05) is 14.1 Å². The molecule has 7 nitrogen and oxygen atoms in total. The molecule has 0 rings (SSSR count). The van der Waals surface area contributed by atoms with Crippen LogP contribution in [-0.4, -0.2) is 52.3 Å². The number of amides is 2. The van der Waals surface area contributed by atoms with Gasteiger partial charge in [-0.2, -0.15) is 0 Å². The van der Waals surface area contributed by atoms with Crippen molar-refractivity contribution in [2.24, 2.45) is 5.16 Å². The summed E-state index contributed by atoms with van der Waals surface area (Å²) >= 11 is 2.23. The van der Waals surface area contributed by atoms with Crippen LogP contribution in [0.15, 0.2) is 5.16 Å². The maximum Gasteiger partial charge on any atom is 0.447 e. The van der Waals surface area contributed by atoms with Crippen LogP contribution in [0.3, 0.4) is 0 Å². The van der Waals surface area contributed by atoms with E-state index in [2.05, 4.69) is 9.99 Å². The smallest absolute Gasteiger partial charge is 0.446 e. The summed E-state index contributed by atoms with van der Waals surface area (Å²) in [6, 6.07) is 0. The standard InChI is InChI=1S/C10H19N3O4S2/c1-7(2)16-9(14)12(4)19-13(5)10(15)17-11-8(3)18-6/h7H,1-6H3/b11-8+. The first-order chi connectivity index (χ1) is 8.77. The number of carbonyl (C=O) groups is 2. The highest BCUT2D eigenvalue weighted by Gasteiger charge is 2.19. The number of nitrogens with zero attached hydrogens (tertiary/aromatic N) is 3. The molecule has 19 heavy (non-hydrogen) atoms. The lowest BCUT2D eigenvalue weighted by Gasteiger charge is -2.21. The van der Waals surface area contributed by atoms with Gasteiger partial charge in [0.25, 0.3) is 0 Å². The van der Waals surface area contributed by atoms with E-state index in [9.17, 15) is 9.59 Å². The summed E-state index contributed by atoms with van der Waals surface area (Å²) in [5.41, 5.74) is 0. The van der Waals surface area contributed by atoms with Crippen LogP contribution in [0.4, 0.5) is 9.59 Å². The van der Waals surface area contributed by atoms with E-state index in [0.29, 0.717) is 5.04 Å². The predicted molar refractivity (Wildman–Crippen MR) is 77.8 cm³/mol. The van der Waals surface area contributed by atoms with E-state index in [1.165, 1.54) is 30.2 Å². The van der Waals surface area contributed by atoms with Crippen molar-refractivity contribution in [1.82, 2.24) is 8.61 Å². The van der Waals surface area contributed by atoms with Gasteiger partial charge in [0.15, 0.2) is 0 Å². The van der Waals surface area contributed by atoms with Crippen molar-refractivity contribution in [3.63, 3.8) is 0 Å². The van der Waals surface area contributed by atoms with E-state index in [1.54, 1.807) is 20.8 Å². The maximum atomic E-state index is 11.5. The SMILES string of the molecule is CS/C(C)=N/OC(=O)N(C)SN(C)C(=O)OC(C)C. The van der Waals surface area contributed by atoms with Crippen molar-refractivity contribution in [3.8, 4) is 0 Å². The van der Waals surface area contributed by atoms with Crippen LogP contribution >= 0.6 is 23.9 Å². The van der Waals surface area contributed by atoms with E-state index < -0.39 is 12.2 Å². The van der Waals surface area contributed by atoms with Gasteiger partial charge < -0.3 is 4.74 Å². The summed E-state index contributed by atoms with van der Waals surface area (Å²) in [7, 11) is 2.96. The quantitative estimate of drug-likeness (QED) is 0.261. The lowest BCUT2D eigenvalue weighted by molar-refractivity contribution is 0.102. The Hall–Kier alpha value is -1.09. The van der Waals surface area contributed by atoms with Crippen LogP contribution < -0.4 is 0 Å². The Bertz CT molecular complexity index is 350. The molecule has 0 heterocycles. The van der Waals surface area contributed by atoms with Crippen molar-refractivity contribution < 1.29 is 19.2 Å². The highest BCUT2D eigenvalue weighted by Crippen LogP contribution is 2.15. The highest BCUT2D eigenvalue weighted by molar-refractivity contribution is 8.13. The Kier molecular flexibility index (Phi) is 8.41. The Morgan fingerprint density at radius 2 is 1.68 bits per heavy atom. The summed E-state index contributed by atoms with van der Waals surface area (Å²) in [5, 5.41) is 4.23. The number of carbonyl (C=O) groups excluding carboxylic acids is 2. The number of oxime groups is 1. The number of hydrogen-bond acceptors (Lipinski definition) is 7. The monoisotopic (exact) mass is 309 g/mol. The van der Waals surface area contributed by atoms with Gasteiger partial charge in [0.05, 0.1) is 18.2 Å². The second-order valence-electron chi connectivity index (χ2n) is 3.68. The molecular formula is C10H19N3O4S2. The molecule has 0 atom stereocenters. The summed E-state index contributed by atoms with van der Waals surface area (Å²) in [6.07, 6.45) is 0.383. The summed E-state index contributed by atoms with van der Waals surface area (Å²) in [5.74, 6) is 0. The van der Waals surface area contributed by atoms with E-state index in [1.807, 2.05) is 6.26 Å². The van der Waals surface area contributed by atoms with Gasteiger partial charge in [-0.05, 0) is 27.0 Å². The molecule has 110 valence electrons. The van der Waals surface area contributed by atoms with E-state index in [0.717, 1.165) is 16.4 Å². The summed E-state index contributed by atoms with van der Waals surface area (Å²) in [6.45, 7) is 5.21. The second-order valence-corrected chi connectivity index (χ2v) is 5.94. The van der Waals surface area contributed by atoms with Crippen LogP contribution in [0.5, 0.6) is 0 Å². The Morgan fingerprint density at radius 3 is 2.16 bits per heavy atom. The van der Waals surface area contributed by atoms with Gasteiger partial charge in [-0.3, -0.25) is 4.84 Å². The van der Waals surface area contributed by atoms with Gasteiger partial charge in [0.2, 0.25) is 0 Å². The zero-order valence-electron chi connectivity index (χ0n) is 11.9. The third-order valence-electron chi connectivity index (χ3n) is 1.64. The minimum absolute atomic E-state index is 0.221. The third-order valence-corrected chi connectivity index (χ3v) is 3.10. The van der Waals surface area contributed by atoms with Crippen molar-refractivity contribution in [2.45, 2.75) is 26.9 Å². The average Bonchev–Trinajstić information content (AvgIpc) is 2.34. The molecule has 9 heteroatoms. The van der Waals surface area contributed by atoms with Crippen LogP contribution in [0.25, 0.3) is 0 Å². The number of rotatable bonds is 4. The molecule has 0 spiro atoms. The maximum absolute atomic E-state index is 11.5. The average molecular weight is 309 g/mol. The number of ether oxygens (including phenoxy) is 1. The zero-order valence-corrected chi connectivity index (χ0v) is 13.5. The van der Waals surface area contributed by atoms with Crippen molar-refractivity contribution in [2.75, 3.05) is 20.4 Å². The van der Waals surface area contributed by atoms with Gasteiger partial charge in [-0.15, -0.1) is 11.8 Å². The van der Waals surface area contributed by atoms with Crippen molar-refractivity contribution in [1.29, 1.82) is 0 Å². The Balaban J connectivity index is 4.25. The first-order valence-electron chi connectivity index (χ1n) is 5.43. The molecule has 0 saturated carbocycles.